The standard InChI is InChI=1S/C10H13ClN2O2S/c11-8-7(6-16-9(8)10(12)14)5-13-1-3-15-4-2-13/h6H,1-5H2,(H2,12,14). The fraction of sp³-hybridized carbons (Fsp3) is 0.500. The van der Waals surface area contributed by atoms with Crippen LogP contribution >= 0.6 is 22.9 Å². The molecule has 0 aromatic carbocycles. The molecule has 88 valence electrons. The number of amides is 1. The summed E-state index contributed by atoms with van der Waals surface area (Å²) in [6, 6.07) is 0. The zero-order chi connectivity index (χ0) is 11.5. The van der Waals surface area contributed by atoms with Crippen LogP contribution in [0.2, 0.25) is 5.02 Å². The third kappa shape index (κ3) is 2.55. The summed E-state index contributed by atoms with van der Waals surface area (Å²) in [6.45, 7) is 4.07. The molecule has 1 fully saturated rings. The number of morpholine rings is 1. The van der Waals surface area contributed by atoms with Crippen molar-refractivity contribution < 1.29 is 9.53 Å². The van der Waals surface area contributed by atoms with Gasteiger partial charge in [0.1, 0.15) is 4.88 Å². The van der Waals surface area contributed by atoms with E-state index in [1.54, 1.807) is 0 Å². The van der Waals surface area contributed by atoms with Gasteiger partial charge in [0.05, 0.1) is 18.2 Å². The molecule has 2 N–H and O–H groups in total. The summed E-state index contributed by atoms with van der Waals surface area (Å²) in [5.41, 5.74) is 6.19. The van der Waals surface area contributed by atoms with Gasteiger partial charge in [-0.25, -0.2) is 0 Å². The Morgan fingerprint density at radius 3 is 2.81 bits per heavy atom. The number of ether oxygens (including phenoxy) is 1. The first-order chi connectivity index (χ1) is 7.68. The lowest BCUT2D eigenvalue weighted by Crippen LogP contribution is -2.35. The number of halogens is 1. The van der Waals surface area contributed by atoms with E-state index in [0.717, 1.165) is 38.4 Å². The number of hydrogen-bond donors (Lipinski definition) is 1. The van der Waals surface area contributed by atoms with Crippen molar-refractivity contribution in [2.75, 3.05) is 26.3 Å². The van der Waals surface area contributed by atoms with Gasteiger partial charge in [-0.1, -0.05) is 11.6 Å². The van der Waals surface area contributed by atoms with Crippen molar-refractivity contribution in [1.82, 2.24) is 4.90 Å². The van der Waals surface area contributed by atoms with Crippen molar-refractivity contribution in [2.24, 2.45) is 5.73 Å². The molecule has 1 saturated heterocycles. The molecule has 1 aliphatic rings. The molecule has 2 heterocycles. The Morgan fingerprint density at radius 1 is 1.56 bits per heavy atom. The van der Waals surface area contributed by atoms with Crippen molar-refractivity contribution in [1.29, 1.82) is 0 Å². The largest absolute Gasteiger partial charge is 0.379 e. The number of primary amides is 1. The molecular formula is C10H13ClN2O2S. The Labute approximate surface area is 103 Å². The summed E-state index contributed by atoms with van der Waals surface area (Å²) in [7, 11) is 0. The van der Waals surface area contributed by atoms with Crippen LogP contribution in [0.1, 0.15) is 15.2 Å². The second kappa shape index (κ2) is 5.14. The number of hydrogen-bond acceptors (Lipinski definition) is 4. The van der Waals surface area contributed by atoms with Crippen molar-refractivity contribution in [3.63, 3.8) is 0 Å². The van der Waals surface area contributed by atoms with Crippen LogP contribution in [0, 0.1) is 0 Å². The molecule has 1 aromatic rings. The van der Waals surface area contributed by atoms with E-state index in [0.29, 0.717) is 9.90 Å². The van der Waals surface area contributed by atoms with Crippen LogP contribution in [-0.4, -0.2) is 37.1 Å². The fourth-order valence-corrected chi connectivity index (χ4v) is 2.86. The average Bonchev–Trinajstić information content (AvgIpc) is 2.62. The van der Waals surface area contributed by atoms with Gasteiger partial charge in [-0.15, -0.1) is 11.3 Å². The molecule has 0 aliphatic carbocycles. The number of nitrogens with zero attached hydrogens (tertiary/aromatic N) is 1. The average molecular weight is 261 g/mol. The molecule has 0 spiro atoms. The van der Waals surface area contributed by atoms with Gasteiger partial charge < -0.3 is 10.5 Å². The van der Waals surface area contributed by atoms with Gasteiger partial charge in [-0.3, -0.25) is 9.69 Å². The molecule has 0 bridgehead atoms. The first-order valence-electron chi connectivity index (χ1n) is 5.04. The fourth-order valence-electron chi connectivity index (χ4n) is 1.65. The lowest BCUT2D eigenvalue weighted by Gasteiger charge is -2.26. The van der Waals surface area contributed by atoms with Crippen molar-refractivity contribution in [2.45, 2.75) is 6.54 Å². The van der Waals surface area contributed by atoms with Crippen LogP contribution in [0.25, 0.3) is 0 Å². The Balaban J connectivity index is 2.06. The van der Waals surface area contributed by atoms with Crippen LogP contribution in [0.4, 0.5) is 0 Å². The van der Waals surface area contributed by atoms with Crippen molar-refractivity contribution in [3.05, 3.63) is 20.8 Å². The van der Waals surface area contributed by atoms with Gasteiger partial charge in [0.2, 0.25) is 0 Å². The van der Waals surface area contributed by atoms with E-state index < -0.39 is 5.91 Å². The molecule has 16 heavy (non-hydrogen) atoms. The normalized spacial score (nSPS) is 17.6. The van der Waals surface area contributed by atoms with Gasteiger partial charge in [-0.2, -0.15) is 0 Å². The van der Waals surface area contributed by atoms with E-state index in [4.69, 9.17) is 22.1 Å². The van der Waals surface area contributed by atoms with Crippen LogP contribution in [0.5, 0.6) is 0 Å². The number of thiophene rings is 1. The van der Waals surface area contributed by atoms with Crippen LogP contribution in [-0.2, 0) is 11.3 Å². The minimum absolute atomic E-state index is 0.449. The Morgan fingerprint density at radius 2 is 2.25 bits per heavy atom. The van der Waals surface area contributed by atoms with Crippen LogP contribution < -0.4 is 5.73 Å². The third-order valence-corrected chi connectivity index (χ3v) is 4.11. The van der Waals surface area contributed by atoms with Crippen molar-refractivity contribution >= 4 is 28.8 Å². The molecule has 0 unspecified atom stereocenters. The van der Waals surface area contributed by atoms with Crippen LogP contribution in [0.15, 0.2) is 5.38 Å². The second-order valence-electron chi connectivity index (χ2n) is 3.66. The van der Waals surface area contributed by atoms with Crippen LogP contribution in [0.3, 0.4) is 0 Å². The van der Waals surface area contributed by atoms with E-state index in [-0.39, 0.29) is 0 Å². The zero-order valence-corrected chi connectivity index (χ0v) is 10.3. The molecule has 6 heteroatoms. The summed E-state index contributed by atoms with van der Waals surface area (Å²) in [5.74, 6) is -0.455. The minimum atomic E-state index is -0.455. The highest BCUT2D eigenvalue weighted by molar-refractivity contribution is 7.13. The third-order valence-electron chi connectivity index (χ3n) is 2.52. The number of rotatable bonds is 3. The van der Waals surface area contributed by atoms with Gasteiger partial charge in [-0.05, 0) is 10.9 Å². The van der Waals surface area contributed by atoms with Gasteiger partial charge in [0.15, 0.2) is 0 Å². The summed E-state index contributed by atoms with van der Waals surface area (Å²) in [5, 5.41) is 2.40. The molecule has 0 atom stereocenters. The zero-order valence-electron chi connectivity index (χ0n) is 8.74. The van der Waals surface area contributed by atoms with E-state index >= 15 is 0 Å². The molecule has 2 rings (SSSR count). The van der Waals surface area contributed by atoms with Crippen molar-refractivity contribution in [3.8, 4) is 0 Å². The number of carbonyl (C=O) groups excluding carboxylic acids is 1. The molecular weight excluding hydrogens is 248 g/mol. The SMILES string of the molecule is NC(=O)c1scc(CN2CCOCC2)c1Cl. The van der Waals surface area contributed by atoms with Gasteiger partial charge >= 0.3 is 0 Å². The Bertz CT molecular complexity index is 388. The summed E-state index contributed by atoms with van der Waals surface area (Å²) < 4.78 is 5.26. The molecule has 0 radical (unpaired) electrons. The highest BCUT2D eigenvalue weighted by atomic mass is 35.5. The molecule has 0 saturated carbocycles. The maximum Gasteiger partial charge on any atom is 0.260 e. The molecule has 1 aromatic heterocycles. The maximum absolute atomic E-state index is 11.0. The molecule has 1 aliphatic heterocycles. The highest BCUT2D eigenvalue weighted by Crippen LogP contribution is 2.28. The summed E-state index contributed by atoms with van der Waals surface area (Å²) in [4.78, 5) is 13.7. The van der Waals surface area contributed by atoms with E-state index in [9.17, 15) is 4.79 Å². The molecule has 4 nitrogen and oxygen atoms in total. The predicted octanol–water partition coefficient (Wildman–Crippen LogP) is 1.33. The van der Waals surface area contributed by atoms with E-state index in [1.165, 1.54) is 11.3 Å². The number of carbonyl (C=O) groups is 1. The minimum Gasteiger partial charge on any atom is -0.379 e. The maximum atomic E-state index is 11.0. The topological polar surface area (TPSA) is 55.6 Å². The first-order valence-corrected chi connectivity index (χ1v) is 6.30. The molecule has 1 amide bonds. The van der Waals surface area contributed by atoms with E-state index in [2.05, 4.69) is 4.90 Å². The quantitative estimate of drug-likeness (QED) is 0.892. The Kier molecular flexibility index (Phi) is 3.81. The first kappa shape index (κ1) is 11.9. The van der Waals surface area contributed by atoms with Gasteiger partial charge in [0, 0.05) is 19.6 Å². The number of nitrogens with two attached hydrogens (primary N) is 1. The monoisotopic (exact) mass is 260 g/mol. The Hall–Kier alpha value is -0.620. The summed E-state index contributed by atoms with van der Waals surface area (Å²) in [6.07, 6.45) is 0. The van der Waals surface area contributed by atoms with Gasteiger partial charge in [0.25, 0.3) is 5.91 Å². The second-order valence-corrected chi connectivity index (χ2v) is 4.91. The highest BCUT2D eigenvalue weighted by Gasteiger charge is 2.17. The predicted molar refractivity (Wildman–Crippen MR) is 63.9 cm³/mol. The lowest BCUT2D eigenvalue weighted by atomic mass is 10.2. The smallest absolute Gasteiger partial charge is 0.260 e. The summed E-state index contributed by atoms with van der Waals surface area (Å²) >= 11 is 7.40. The van der Waals surface area contributed by atoms with E-state index in [1.807, 2.05) is 5.38 Å². The lowest BCUT2D eigenvalue weighted by molar-refractivity contribution is 0.0342.